The van der Waals surface area contributed by atoms with Gasteiger partial charge in [-0.15, -0.1) is 11.6 Å². The molecule has 0 atom stereocenters. The van der Waals surface area contributed by atoms with E-state index in [9.17, 15) is 14.4 Å². The molecule has 24 heavy (non-hydrogen) atoms. The lowest BCUT2D eigenvalue weighted by atomic mass is 10.1. The molecule has 0 radical (unpaired) electrons. The van der Waals surface area contributed by atoms with Crippen LogP contribution in [-0.2, 0) is 30.0 Å². The highest BCUT2D eigenvalue weighted by atomic mass is 35.5. The summed E-state index contributed by atoms with van der Waals surface area (Å²) in [6.07, 6.45) is 4.28. The van der Waals surface area contributed by atoms with Crippen LogP contribution in [0.4, 0.5) is 0 Å². The number of nitrogens with zero attached hydrogens (tertiary/aromatic N) is 3. The summed E-state index contributed by atoms with van der Waals surface area (Å²) in [6, 6.07) is 0. The monoisotopic (exact) mass is 356 g/mol. The fourth-order valence-corrected chi connectivity index (χ4v) is 2.62. The summed E-state index contributed by atoms with van der Waals surface area (Å²) < 4.78 is 7.97. The lowest BCUT2D eigenvalue weighted by Crippen LogP contribution is -2.29. The Kier molecular flexibility index (Phi) is 6.19. The topological polar surface area (TPSA) is 99.0 Å². The second-order valence-electron chi connectivity index (χ2n) is 5.60. The quantitative estimate of drug-likeness (QED) is 0.429. The molecule has 8 nitrogen and oxygen atoms in total. The van der Waals surface area contributed by atoms with Crippen LogP contribution in [0.5, 0.6) is 0 Å². The molecular weight excluding hydrogens is 336 g/mol. The van der Waals surface area contributed by atoms with Crippen molar-refractivity contribution in [2.75, 3.05) is 12.5 Å². The fraction of sp³-hybridized carbons (Fsp3) is 0.600. The van der Waals surface area contributed by atoms with Gasteiger partial charge in [-0.25, -0.2) is 9.78 Å². The minimum absolute atomic E-state index is 0.117. The SMILES string of the molecule is Cn1c(CCCCCCOC(=O)CCl)nc2c1c(=O)[nH]c(=O)n2C. The van der Waals surface area contributed by atoms with Crippen molar-refractivity contribution in [3.05, 3.63) is 26.7 Å². The standard InChI is InChI=1S/C15H21ClN4O4/c1-19-10(7-5-3-4-6-8-24-11(21)9-16)17-13-12(19)14(22)18-15(23)20(13)2/h3-9H2,1-2H3,(H,18,22,23). The number of aromatic nitrogens is 4. The first-order valence-corrected chi connectivity index (χ1v) is 8.35. The number of aromatic amines is 1. The van der Waals surface area contributed by atoms with Gasteiger partial charge in [-0.2, -0.15) is 0 Å². The predicted octanol–water partition coefficient (Wildman–Crippen LogP) is 0.845. The van der Waals surface area contributed by atoms with Gasteiger partial charge in [0.25, 0.3) is 5.56 Å². The summed E-state index contributed by atoms with van der Waals surface area (Å²) in [7, 11) is 3.36. The number of aryl methyl sites for hydroxylation is 3. The molecule has 0 saturated heterocycles. The molecular formula is C15H21ClN4O4. The summed E-state index contributed by atoms with van der Waals surface area (Å²) in [6.45, 7) is 0.384. The van der Waals surface area contributed by atoms with Gasteiger partial charge in [0.15, 0.2) is 11.2 Å². The van der Waals surface area contributed by atoms with Gasteiger partial charge in [0, 0.05) is 20.5 Å². The zero-order valence-electron chi connectivity index (χ0n) is 13.8. The van der Waals surface area contributed by atoms with E-state index in [0.717, 1.165) is 31.5 Å². The number of carbonyl (C=O) groups excluding carboxylic acids is 1. The van der Waals surface area contributed by atoms with Crippen LogP contribution in [-0.4, -0.2) is 37.6 Å². The fourth-order valence-electron chi connectivity index (χ4n) is 2.54. The maximum absolute atomic E-state index is 11.9. The van der Waals surface area contributed by atoms with Crippen LogP contribution in [0.15, 0.2) is 9.59 Å². The number of hydrogen-bond acceptors (Lipinski definition) is 5. The molecule has 2 aromatic rings. The number of esters is 1. The third-order valence-electron chi connectivity index (χ3n) is 3.89. The van der Waals surface area contributed by atoms with Gasteiger partial charge < -0.3 is 9.30 Å². The van der Waals surface area contributed by atoms with Gasteiger partial charge in [0.2, 0.25) is 0 Å². The van der Waals surface area contributed by atoms with Crippen molar-refractivity contribution in [1.82, 2.24) is 19.1 Å². The zero-order valence-corrected chi connectivity index (χ0v) is 14.6. The highest BCUT2D eigenvalue weighted by Gasteiger charge is 2.14. The molecule has 0 unspecified atom stereocenters. The Morgan fingerprint density at radius 3 is 2.58 bits per heavy atom. The van der Waals surface area contributed by atoms with Crippen molar-refractivity contribution >= 4 is 28.7 Å². The highest BCUT2D eigenvalue weighted by Crippen LogP contribution is 2.12. The van der Waals surface area contributed by atoms with E-state index in [2.05, 4.69) is 9.97 Å². The van der Waals surface area contributed by atoms with Gasteiger partial charge >= 0.3 is 11.7 Å². The van der Waals surface area contributed by atoms with Crippen molar-refractivity contribution < 1.29 is 9.53 Å². The second-order valence-corrected chi connectivity index (χ2v) is 5.86. The molecule has 0 aromatic carbocycles. The first-order chi connectivity index (χ1) is 11.5. The van der Waals surface area contributed by atoms with E-state index >= 15 is 0 Å². The van der Waals surface area contributed by atoms with E-state index in [1.807, 2.05) is 0 Å². The molecule has 0 aliphatic rings. The van der Waals surface area contributed by atoms with E-state index < -0.39 is 17.2 Å². The van der Waals surface area contributed by atoms with E-state index in [0.29, 0.717) is 24.2 Å². The number of ether oxygens (including phenoxy) is 1. The summed E-state index contributed by atoms with van der Waals surface area (Å²) in [5, 5.41) is 0. The molecule has 0 bridgehead atoms. The normalized spacial score (nSPS) is 11.1. The average molecular weight is 357 g/mol. The molecule has 1 N–H and O–H groups in total. The lowest BCUT2D eigenvalue weighted by molar-refractivity contribution is -0.140. The number of carbonyl (C=O) groups is 1. The van der Waals surface area contributed by atoms with Crippen LogP contribution in [0.1, 0.15) is 31.5 Å². The Morgan fingerprint density at radius 2 is 1.88 bits per heavy atom. The van der Waals surface area contributed by atoms with E-state index in [1.165, 1.54) is 4.57 Å². The minimum Gasteiger partial charge on any atom is -0.465 e. The third-order valence-corrected chi connectivity index (χ3v) is 4.11. The Bertz CT molecular complexity index is 836. The number of hydrogen-bond donors (Lipinski definition) is 1. The molecule has 2 heterocycles. The summed E-state index contributed by atoms with van der Waals surface area (Å²) >= 11 is 5.33. The number of nitrogens with one attached hydrogen (secondary N) is 1. The zero-order chi connectivity index (χ0) is 17.7. The van der Waals surface area contributed by atoms with Crippen LogP contribution in [0.25, 0.3) is 11.2 Å². The molecule has 132 valence electrons. The Morgan fingerprint density at radius 1 is 1.17 bits per heavy atom. The smallest absolute Gasteiger partial charge is 0.329 e. The maximum atomic E-state index is 11.9. The number of unbranched alkanes of at least 4 members (excludes halogenated alkanes) is 3. The summed E-state index contributed by atoms with van der Waals surface area (Å²) in [4.78, 5) is 41.1. The number of imidazole rings is 1. The third kappa shape index (κ3) is 4.05. The van der Waals surface area contributed by atoms with Crippen LogP contribution < -0.4 is 11.2 Å². The number of alkyl halides is 1. The van der Waals surface area contributed by atoms with Crippen LogP contribution in [0, 0.1) is 0 Å². The molecule has 0 fully saturated rings. The molecule has 0 amide bonds. The molecule has 0 spiro atoms. The van der Waals surface area contributed by atoms with E-state index in [4.69, 9.17) is 16.3 Å². The van der Waals surface area contributed by atoms with Crippen LogP contribution in [0.3, 0.4) is 0 Å². The van der Waals surface area contributed by atoms with Gasteiger partial charge in [-0.05, 0) is 12.8 Å². The number of halogens is 1. The van der Waals surface area contributed by atoms with Gasteiger partial charge in [-0.1, -0.05) is 12.8 Å². The molecule has 0 saturated carbocycles. The number of fused-ring (bicyclic) bond motifs is 1. The Hall–Kier alpha value is -2.09. The van der Waals surface area contributed by atoms with Gasteiger partial charge in [0.1, 0.15) is 11.7 Å². The summed E-state index contributed by atoms with van der Waals surface area (Å²) in [5.41, 5.74) is -0.0894. The minimum atomic E-state index is -0.469. The van der Waals surface area contributed by atoms with Crippen LogP contribution in [0.2, 0.25) is 0 Å². The van der Waals surface area contributed by atoms with Crippen molar-refractivity contribution in [2.24, 2.45) is 14.1 Å². The molecule has 2 rings (SSSR count). The van der Waals surface area contributed by atoms with Gasteiger partial charge in [-0.3, -0.25) is 19.1 Å². The van der Waals surface area contributed by atoms with Crippen molar-refractivity contribution in [2.45, 2.75) is 32.1 Å². The molecule has 0 aliphatic heterocycles. The Balaban J connectivity index is 1.90. The molecule has 0 aliphatic carbocycles. The van der Waals surface area contributed by atoms with E-state index in [-0.39, 0.29) is 5.88 Å². The first-order valence-electron chi connectivity index (χ1n) is 7.82. The average Bonchev–Trinajstić information content (AvgIpc) is 2.89. The largest absolute Gasteiger partial charge is 0.465 e. The second kappa shape index (κ2) is 8.14. The molecule has 2 aromatic heterocycles. The van der Waals surface area contributed by atoms with Crippen molar-refractivity contribution in [3.63, 3.8) is 0 Å². The van der Waals surface area contributed by atoms with Crippen molar-refractivity contribution in [3.8, 4) is 0 Å². The summed E-state index contributed by atoms with van der Waals surface area (Å²) in [5.74, 6) is 0.256. The lowest BCUT2D eigenvalue weighted by Gasteiger charge is -2.03. The van der Waals surface area contributed by atoms with Gasteiger partial charge in [0.05, 0.1) is 6.61 Å². The number of H-pyrrole nitrogens is 1. The van der Waals surface area contributed by atoms with Crippen LogP contribution >= 0.6 is 11.6 Å². The molecule has 9 heteroatoms. The number of rotatable bonds is 8. The van der Waals surface area contributed by atoms with E-state index in [1.54, 1.807) is 18.7 Å². The Labute approximate surface area is 143 Å². The first kappa shape index (κ1) is 18.3. The predicted molar refractivity (Wildman–Crippen MR) is 90.4 cm³/mol. The highest BCUT2D eigenvalue weighted by molar-refractivity contribution is 6.26. The van der Waals surface area contributed by atoms with Crippen molar-refractivity contribution in [1.29, 1.82) is 0 Å². The maximum Gasteiger partial charge on any atom is 0.329 e.